The number of benzene rings is 6. The monoisotopic (exact) mass is 1040 g/mol. The van der Waals surface area contributed by atoms with E-state index in [0.29, 0.717) is 0 Å². The van der Waals surface area contributed by atoms with Crippen molar-refractivity contribution >= 4 is 58.9 Å². The molecule has 0 unspecified atom stereocenters. The fourth-order valence-corrected chi connectivity index (χ4v) is 21.8. The summed E-state index contributed by atoms with van der Waals surface area (Å²) in [6.07, 6.45) is 50.4. The summed E-state index contributed by atoms with van der Waals surface area (Å²) in [4.78, 5) is 0. The van der Waals surface area contributed by atoms with E-state index in [4.69, 9.17) is 12.8 Å². The topological polar surface area (TPSA) is 0 Å². The van der Waals surface area contributed by atoms with Crippen molar-refractivity contribution in [1.82, 2.24) is 0 Å². The van der Waals surface area contributed by atoms with Gasteiger partial charge in [-0.1, -0.05) is 144 Å². The van der Waals surface area contributed by atoms with Crippen molar-refractivity contribution in [2.75, 3.05) is 12.3 Å². The van der Waals surface area contributed by atoms with E-state index in [1.165, 1.54) is 22.6 Å². The molecule has 4 aliphatic rings. The molecule has 0 amide bonds. The SMILES string of the molecule is C1CCC([PH+](CC[PH+](C2CCCCC2)C2CCCCC2)C2CCCCC2)CC1.[Ag+].[Ag+].[C-]#Cc1c2ccccc2cc2ccccc12.[C-]#Cc1c2ccccc2cc2ccccc12. The van der Waals surface area contributed by atoms with Crippen LogP contribution in [0.3, 0.4) is 0 Å². The fourth-order valence-electron chi connectivity index (χ4n) is 12.0. The number of hydrogen-bond acceptors (Lipinski definition) is 0. The molecule has 0 heterocycles. The molecule has 0 atom stereocenters. The van der Waals surface area contributed by atoms with Crippen LogP contribution in [0.1, 0.15) is 140 Å². The first-order valence-corrected chi connectivity index (χ1v) is 27.8. The van der Waals surface area contributed by atoms with Gasteiger partial charge in [0.25, 0.3) is 0 Å². The van der Waals surface area contributed by atoms with Crippen LogP contribution in [0.25, 0.3) is 43.1 Å². The van der Waals surface area contributed by atoms with Gasteiger partial charge in [-0.2, -0.15) is 0 Å². The zero-order valence-corrected chi connectivity index (χ0v) is 41.8. The smallest absolute Gasteiger partial charge is 0.366 e. The third-order valence-electron chi connectivity index (χ3n) is 15.0. The second-order valence-corrected chi connectivity index (χ2v) is 25.2. The Hall–Kier alpha value is -2.18. The molecule has 4 heteroatoms. The van der Waals surface area contributed by atoms with Gasteiger partial charge in [0.05, 0.1) is 35.0 Å². The zero-order chi connectivity index (χ0) is 40.9. The van der Waals surface area contributed by atoms with Gasteiger partial charge >= 0.3 is 44.8 Å². The maximum absolute atomic E-state index is 7.46. The van der Waals surface area contributed by atoms with E-state index in [9.17, 15) is 0 Å². The summed E-state index contributed by atoms with van der Waals surface area (Å²) in [5.41, 5.74) is 6.67. The minimum absolute atomic E-state index is 0. The Morgan fingerprint density at radius 3 is 0.806 bits per heavy atom. The minimum atomic E-state index is -0.0909. The van der Waals surface area contributed by atoms with Crippen molar-refractivity contribution in [2.45, 2.75) is 151 Å². The third-order valence-corrected chi connectivity index (χ3v) is 23.7. The zero-order valence-electron chi connectivity index (χ0n) is 36.9. The van der Waals surface area contributed by atoms with Crippen LogP contribution < -0.4 is 0 Å². The molecule has 4 fully saturated rings. The Morgan fingerprint density at radius 2 is 0.581 bits per heavy atom. The van der Waals surface area contributed by atoms with Crippen molar-refractivity contribution in [3.63, 3.8) is 0 Å². The van der Waals surface area contributed by atoms with Gasteiger partial charge in [-0.15, -0.1) is 11.1 Å². The molecule has 0 spiro atoms. The molecule has 0 bridgehead atoms. The van der Waals surface area contributed by atoms with Crippen LogP contribution in [0.15, 0.2) is 109 Å². The largest absolute Gasteiger partial charge is 1.00 e. The van der Waals surface area contributed by atoms with E-state index in [-0.39, 0.29) is 60.6 Å². The summed E-state index contributed by atoms with van der Waals surface area (Å²) in [5, 5.41) is 9.03. The van der Waals surface area contributed by atoms with Crippen LogP contribution >= 0.6 is 15.8 Å². The van der Waals surface area contributed by atoms with Gasteiger partial charge < -0.3 is 12.8 Å². The van der Waals surface area contributed by atoms with E-state index >= 15 is 0 Å². The standard InChI is InChI=1S/C26H48P2.2C16H9.2Ag/c1-5-13-23(14-6-1)27(24-15-7-2-8-16-24)21-22-28(25-17-9-3-10-18-25)26-19-11-4-12-20-26;2*1-2-14-15-9-5-3-7-12(15)11-13-8-4-6-10-16(13)14;;/h23-26H,1-22H2;2*3-11H;;/q;2*-1;2*+1/p+2. The van der Waals surface area contributed by atoms with Crippen LogP contribution in [-0.2, 0) is 44.8 Å². The van der Waals surface area contributed by atoms with E-state index in [1.54, 1.807) is 141 Å². The van der Waals surface area contributed by atoms with Gasteiger partial charge in [0.2, 0.25) is 0 Å². The van der Waals surface area contributed by atoms with E-state index in [1.807, 2.05) is 72.8 Å². The normalized spacial score (nSPS) is 17.9. The van der Waals surface area contributed by atoms with Crippen molar-refractivity contribution in [3.8, 4) is 11.8 Å². The summed E-state index contributed by atoms with van der Waals surface area (Å²) in [7, 11) is -0.182. The van der Waals surface area contributed by atoms with Crippen LogP contribution in [0.4, 0.5) is 0 Å². The summed E-state index contributed by atoms with van der Waals surface area (Å²) in [5.74, 6) is 5.13. The maximum atomic E-state index is 7.46. The van der Waals surface area contributed by atoms with Gasteiger partial charge in [-0.3, -0.25) is 11.8 Å². The first-order valence-electron chi connectivity index (χ1n) is 24.1. The number of rotatable bonds is 7. The quantitative estimate of drug-likeness (QED) is 0.0491. The molecule has 0 radical (unpaired) electrons. The molecule has 4 aliphatic carbocycles. The molecular formula is C58H68Ag2P2+2. The molecule has 62 heavy (non-hydrogen) atoms. The maximum Gasteiger partial charge on any atom is 1.00 e. The van der Waals surface area contributed by atoms with Gasteiger partial charge in [0.1, 0.15) is 0 Å². The Kier molecular flexibility index (Phi) is 20.3. The Balaban J connectivity index is 0.000000162. The van der Waals surface area contributed by atoms with Gasteiger partial charge in [0, 0.05) is 15.8 Å². The van der Waals surface area contributed by atoms with Crippen molar-refractivity contribution in [1.29, 1.82) is 0 Å². The van der Waals surface area contributed by atoms with E-state index in [2.05, 4.69) is 48.2 Å². The molecule has 0 saturated heterocycles. The van der Waals surface area contributed by atoms with Crippen molar-refractivity contribution < 1.29 is 44.8 Å². The molecule has 4 saturated carbocycles. The molecule has 6 aromatic rings. The molecule has 0 aromatic heterocycles. The van der Waals surface area contributed by atoms with Crippen LogP contribution in [0, 0.1) is 24.7 Å². The summed E-state index contributed by atoms with van der Waals surface area (Å²) in [6, 6.07) is 36.8. The summed E-state index contributed by atoms with van der Waals surface area (Å²) < 4.78 is 0. The molecule has 330 valence electrons. The van der Waals surface area contributed by atoms with Crippen LogP contribution in [0.5, 0.6) is 0 Å². The van der Waals surface area contributed by atoms with Crippen molar-refractivity contribution in [3.05, 3.63) is 133 Å². The molecule has 0 aliphatic heterocycles. The predicted octanol–water partition coefficient (Wildman–Crippen LogP) is 16.6. The van der Waals surface area contributed by atoms with Crippen LogP contribution in [0.2, 0.25) is 0 Å². The molecular weight excluding hydrogens is 974 g/mol. The van der Waals surface area contributed by atoms with Crippen molar-refractivity contribution in [2.24, 2.45) is 0 Å². The first-order chi connectivity index (χ1) is 29.7. The average Bonchev–Trinajstić information content (AvgIpc) is 3.33. The Morgan fingerprint density at radius 1 is 0.355 bits per heavy atom. The number of hydrogen-bond donors (Lipinski definition) is 0. The fraction of sp³-hybridized carbons (Fsp3) is 0.448. The molecule has 10 rings (SSSR count). The molecule has 6 aromatic carbocycles. The predicted molar refractivity (Wildman–Crippen MR) is 269 cm³/mol. The van der Waals surface area contributed by atoms with Gasteiger partial charge in [-0.25, -0.2) is 0 Å². The molecule has 0 nitrogen and oxygen atoms in total. The number of fused-ring (bicyclic) bond motifs is 4. The second-order valence-electron chi connectivity index (χ2n) is 18.6. The molecule has 0 N–H and O–H groups in total. The van der Waals surface area contributed by atoms with Gasteiger partial charge in [0.15, 0.2) is 0 Å². The summed E-state index contributed by atoms with van der Waals surface area (Å²) in [6.45, 7) is 0. The van der Waals surface area contributed by atoms with E-state index < -0.39 is 0 Å². The van der Waals surface area contributed by atoms with E-state index in [0.717, 1.165) is 54.2 Å². The third kappa shape index (κ3) is 12.4. The average molecular weight is 1040 g/mol. The van der Waals surface area contributed by atoms with Crippen LogP contribution in [-0.4, -0.2) is 35.0 Å². The summed E-state index contributed by atoms with van der Waals surface area (Å²) >= 11 is 0. The second kappa shape index (κ2) is 25.5. The Bertz CT molecular complexity index is 2070. The minimum Gasteiger partial charge on any atom is -0.366 e. The first kappa shape index (κ1) is 49.3. The Labute approximate surface area is 408 Å². The van der Waals surface area contributed by atoms with Gasteiger partial charge in [-0.05, 0) is 136 Å².